The molecule has 0 saturated heterocycles. The smallest absolute Gasteiger partial charge is 0.264 e. The predicted molar refractivity (Wildman–Crippen MR) is 131 cm³/mol. The van der Waals surface area contributed by atoms with Gasteiger partial charge in [0.1, 0.15) is 0 Å². The number of hydrogen-bond acceptors (Lipinski definition) is 5. The van der Waals surface area contributed by atoms with Crippen molar-refractivity contribution < 1.29 is 13.2 Å². The second-order valence-corrected chi connectivity index (χ2v) is 11.2. The van der Waals surface area contributed by atoms with Gasteiger partial charge < -0.3 is 4.90 Å². The van der Waals surface area contributed by atoms with Gasteiger partial charge in [0.2, 0.25) is 0 Å². The molecule has 0 saturated carbocycles. The van der Waals surface area contributed by atoms with E-state index < -0.39 is 10.0 Å². The third kappa shape index (κ3) is 4.93. The molecule has 0 unspecified atom stereocenters. The molecule has 1 amide bonds. The van der Waals surface area contributed by atoms with Gasteiger partial charge in [0, 0.05) is 22.4 Å². The molecule has 2 aromatic carbocycles. The van der Waals surface area contributed by atoms with Crippen LogP contribution in [-0.2, 0) is 23.1 Å². The monoisotopic (exact) mass is 482 g/mol. The molecule has 0 aliphatic rings. The zero-order valence-electron chi connectivity index (χ0n) is 17.4. The summed E-state index contributed by atoms with van der Waals surface area (Å²) in [5.74, 6) is -0.203. The van der Waals surface area contributed by atoms with Crippen molar-refractivity contribution in [3.05, 3.63) is 105 Å². The van der Waals surface area contributed by atoms with E-state index in [2.05, 4.69) is 0 Å². The van der Waals surface area contributed by atoms with Crippen LogP contribution in [0.4, 0.5) is 5.69 Å². The van der Waals surface area contributed by atoms with E-state index in [-0.39, 0.29) is 10.8 Å². The number of carbonyl (C=O) groups is 1. The van der Waals surface area contributed by atoms with Gasteiger partial charge in [-0.25, -0.2) is 8.42 Å². The summed E-state index contributed by atoms with van der Waals surface area (Å²) in [5, 5.41) is 3.96. The minimum atomic E-state index is -3.81. The summed E-state index contributed by atoms with van der Waals surface area (Å²) < 4.78 is 27.6. The van der Waals surface area contributed by atoms with Crippen LogP contribution in [0, 0.1) is 0 Å². The van der Waals surface area contributed by atoms with E-state index in [4.69, 9.17) is 0 Å². The topological polar surface area (TPSA) is 57.7 Å². The Morgan fingerprint density at radius 2 is 1.44 bits per heavy atom. The summed E-state index contributed by atoms with van der Waals surface area (Å²) >= 11 is 3.18. The van der Waals surface area contributed by atoms with Crippen molar-refractivity contribution >= 4 is 44.3 Å². The Morgan fingerprint density at radius 3 is 2.00 bits per heavy atom. The average molecular weight is 483 g/mol. The van der Waals surface area contributed by atoms with Gasteiger partial charge >= 0.3 is 0 Å². The minimum Gasteiger partial charge on any atom is -0.328 e. The molecule has 2 heterocycles. The SMILES string of the molecule is CN(c1ccccc1)S(=O)(=O)c1cccc(C(=O)N(Cc2cccs2)Cc2cccs2)c1. The van der Waals surface area contributed by atoms with Crippen LogP contribution in [0.15, 0.2) is 94.5 Å². The Hall–Kier alpha value is -2.94. The first-order valence-corrected chi connectivity index (χ1v) is 13.1. The number of amides is 1. The maximum Gasteiger partial charge on any atom is 0.264 e. The van der Waals surface area contributed by atoms with E-state index in [0.717, 1.165) is 9.75 Å². The van der Waals surface area contributed by atoms with Crippen molar-refractivity contribution in [2.45, 2.75) is 18.0 Å². The number of para-hydroxylation sites is 1. The van der Waals surface area contributed by atoms with Crippen LogP contribution in [0.3, 0.4) is 0 Å². The molecular weight excluding hydrogens is 460 g/mol. The molecule has 32 heavy (non-hydrogen) atoms. The first-order valence-electron chi connectivity index (χ1n) is 9.93. The Labute approximate surface area is 196 Å². The van der Waals surface area contributed by atoms with Gasteiger partial charge in [0.15, 0.2) is 0 Å². The van der Waals surface area contributed by atoms with Crippen LogP contribution in [-0.4, -0.2) is 26.3 Å². The molecule has 0 N–H and O–H groups in total. The quantitative estimate of drug-likeness (QED) is 0.334. The third-order valence-electron chi connectivity index (χ3n) is 5.00. The number of anilines is 1. The molecular formula is C24H22N2O3S3. The van der Waals surface area contributed by atoms with Gasteiger partial charge in [-0.05, 0) is 53.2 Å². The molecule has 5 nitrogen and oxygen atoms in total. The summed E-state index contributed by atoms with van der Waals surface area (Å²) in [7, 11) is -2.29. The van der Waals surface area contributed by atoms with Crippen LogP contribution in [0.1, 0.15) is 20.1 Å². The summed E-state index contributed by atoms with van der Waals surface area (Å²) in [6, 6.07) is 23.0. The molecule has 164 valence electrons. The maximum absolute atomic E-state index is 13.4. The number of hydrogen-bond donors (Lipinski definition) is 0. The van der Waals surface area contributed by atoms with Crippen molar-refractivity contribution in [3.63, 3.8) is 0 Å². The van der Waals surface area contributed by atoms with Crippen molar-refractivity contribution in [2.24, 2.45) is 0 Å². The maximum atomic E-state index is 13.4. The number of benzene rings is 2. The fourth-order valence-corrected chi connectivity index (χ4v) is 5.97. The third-order valence-corrected chi connectivity index (χ3v) is 8.50. The van der Waals surface area contributed by atoms with Gasteiger partial charge in [-0.2, -0.15) is 0 Å². The highest BCUT2D eigenvalue weighted by Gasteiger charge is 2.24. The van der Waals surface area contributed by atoms with Gasteiger partial charge in [-0.3, -0.25) is 9.10 Å². The molecule has 2 aromatic heterocycles. The number of rotatable bonds is 8. The molecule has 0 radical (unpaired) electrons. The van der Waals surface area contributed by atoms with E-state index >= 15 is 0 Å². The summed E-state index contributed by atoms with van der Waals surface area (Å²) in [6.45, 7) is 0.935. The normalized spacial score (nSPS) is 11.3. The lowest BCUT2D eigenvalue weighted by molar-refractivity contribution is 0.0733. The molecule has 0 bridgehead atoms. The average Bonchev–Trinajstić information content (AvgIpc) is 3.53. The van der Waals surface area contributed by atoms with Gasteiger partial charge in [0.25, 0.3) is 15.9 Å². The molecule has 0 aliphatic heterocycles. The van der Waals surface area contributed by atoms with Crippen LogP contribution in [0.5, 0.6) is 0 Å². The highest BCUT2D eigenvalue weighted by Crippen LogP contribution is 2.24. The van der Waals surface area contributed by atoms with Gasteiger partial charge in [-0.15, -0.1) is 22.7 Å². The predicted octanol–water partition coefficient (Wildman–Crippen LogP) is 5.48. The Morgan fingerprint density at radius 1 is 0.812 bits per heavy atom. The van der Waals surface area contributed by atoms with Crippen LogP contribution in [0.25, 0.3) is 0 Å². The highest BCUT2D eigenvalue weighted by atomic mass is 32.2. The second-order valence-electron chi connectivity index (χ2n) is 7.16. The molecule has 4 rings (SSSR count). The number of nitrogens with zero attached hydrogens (tertiary/aromatic N) is 2. The lowest BCUT2D eigenvalue weighted by atomic mass is 10.2. The van der Waals surface area contributed by atoms with Crippen molar-refractivity contribution in [3.8, 4) is 0 Å². The first kappa shape index (κ1) is 22.3. The summed E-state index contributed by atoms with van der Waals surface area (Å²) in [5.41, 5.74) is 0.905. The van der Waals surface area contributed by atoms with Crippen molar-refractivity contribution in [1.29, 1.82) is 0 Å². The first-order chi connectivity index (χ1) is 15.4. The number of thiophene rings is 2. The van der Waals surface area contributed by atoms with Crippen LogP contribution in [0.2, 0.25) is 0 Å². The lowest BCUT2D eigenvalue weighted by Gasteiger charge is -2.23. The Bertz CT molecular complexity index is 1230. The molecule has 0 fully saturated rings. The number of sulfonamides is 1. The Balaban J connectivity index is 1.63. The van der Waals surface area contributed by atoms with E-state index in [1.54, 1.807) is 64.0 Å². The minimum absolute atomic E-state index is 0.0851. The lowest BCUT2D eigenvalue weighted by Crippen LogP contribution is -2.30. The molecule has 4 aromatic rings. The van der Waals surface area contributed by atoms with E-state index in [0.29, 0.717) is 24.3 Å². The van der Waals surface area contributed by atoms with E-state index in [1.165, 1.54) is 23.5 Å². The highest BCUT2D eigenvalue weighted by molar-refractivity contribution is 7.92. The second kappa shape index (κ2) is 9.68. The Kier molecular flexibility index (Phi) is 6.74. The zero-order chi connectivity index (χ0) is 22.6. The van der Waals surface area contributed by atoms with E-state index in [9.17, 15) is 13.2 Å². The summed E-state index contributed by atoms with van der Waals surface area (Å²) in [4.78, 5) is 17.4. The molecule has 0 atom stereocenters. The summed E-state index contributed by atoms with van der Waals surface area (Å²) in [6.07, 6.45) is 0. The zero-order valence-corrected chi connectivity index (χ0v) is 19.9. The van der Waals surface area contributed by atoms with Gasteiger partial charge in [0.05, 0.1) is 23.7 Å². The van der Waals surface area contributed by atoms with Crippen molar-refractivity contribution in [2.75, 3.05) is 11.4 Å². The number of carbonyl (C=O) groups excluding carboxylic acids is 1. The fraction of sp³-hybridized carbons (Fsp3) is 0.125. The van der Waals surface area contributed by atoms with Crippen LogP contribution >= 0.6 is 22.7 Å². The van der Waals surface area contributed by atoms with Crippen molar-refractivity contribution in [1.82, 2.24) is 4.90 Å². The molecule has 8 heteroatoms. The van der Waals surface area contributed by atoms with E-state index in [1.807, 2.05) is 41.1 Å². The molecule has 0 aliphatic carbocycles. The fourth-order valence-electron chi connectivity index (χ4n) is 3.29. The standard InChI is InChI=1S/C24H22N2O3S3/c1-25(20-9-3-2-4-10-20)32(28,29)23-13-5-8-19(16-23)24(27)26(17-21-11-6-14-30-21)18-22-12-7-15-31-22/h2-16H,17-18H2,1H3. The van der Waals surface area contributed by atoms with Gasteiger partial charge in [-0.1, -0.05) is 36.4 Å². The largest absolute Gasteiger partial charge is 0.328 e. The molecule has 0 spiro atoms. The van der Waals surface area contributed by atoms with Crippen LogP contribution < -0.4 is 4.31 Å².